The summed E-state index contributed by atoms with van der Waals surface area (Å²) in [6, 6.07) is 15.4. The highest BCUT2D eigenvalue weighted by Crippen LogP contribution is 2.39. The first-order chi connectivity index (χ1) is 17.8. The number of H-pyrrole nitrogens is 1. The average Bonchev–Trinajstić information content (AvgIpc) is 3.23. The minimum atomic E-state index is -0.447. The number of amides is 2. The summed E-state index contributed by atoms with van der Waals surface area (Å²) in [5.74, 6) is -0.983. The fourth-order valence-corrected chi connectivity index (χ4v) is 4.42. The van der Waals surface area contributed by atoms with Gasteiger partial charge in [0.05, 0.1) is 29.1 Å². The first-order valence-electron chi connectivity index (χ1n) is 11.8. The van der Waals surface area contributed by atoms with Gasteiger partial charge in [-0.3, -0.25) is 9.59 Å². The Morgan fingerprint density at radius 1 is 1.14 bits per heavy atom. The summed E-state index contributed by atoms with van der Waals surface area (Å²) in [6.07, 6.45) is 2.21. The predicted octanol–water partition coefficient (Wildman–Crippen LogP) is 5.30. The van der Waals surface area contributed by atoms with Crippen molar-refractivity contribution in [3.8, 4) is 11.3 Å². The van der Waals surface area contributed by atoms with E-state index < -0.39 is 5.82 Å². The van der Waals surface area contributed by atoms with Crippen molar-refractivity contribution in [2.75, 3.05) is 17.7 Å². The van der Waals surface area contributed by atoms with Crippen LogP contribution in [-0.4, -0.2) is 39.8 Å². The van der Waals surface area contributed by atoms with E-state index in [1.54, 1.807) is 60.6 Å². The zero-order valence-electron chi connectivity index (χ0n) is 20.3. The lowest BCUT2D eigenvalue weighted by Crippen LogP contribution is -2.41. The number of aromatic nitrogens is 2. The first-order valence-corrected chi connectivity index (χ1v) is 11.8. The summed E-state index contributed by atoms with van der Waals surface area (Å²) in [6.45, 7) is 1.96. The molecule has 0 fully saturated rings. The molecule has 0 spiro atoms. The van der Waals surface area contributed by atoms with Crippen molar-refractivity contribution < 1.29 is 18.4 Å². The van der Waals surface area contributed by atoms with Crippen LogP contribution in [0.3, 0.4) is 0 Å². The van der Waals surface area contributed by atoms with Gasteiger partial charge in [0, 0.05) is 37.0 Å². The van der Waals surface area contributed by atoms with Crippen LogP contribution in [0.25, 0.3) is 11.3 Å². The Morgan fingerprint density at radius 2 is 1.89 bits per heavy atom. The topological polar surface area (TPSA) is 90.1 Å². The number of para-hydroxylation sites is 1. The van der Waals surface area contributed by atoms with Crippen molar-refractivity contribution in [1.29, 1.82) is 0 Å². The summed E-state index contributed by atoms with van der Waals surface area (Å²) in [5.41, 5.74) is 3.81. The molecule has 2 amide bonds. The maximum atomic E-state index is 14.5. The molecule has 1 atom stereocenters. The van der Waals surface area contributed by atoms with Crippen molar-refractivity contribution in [2.45, 2.75) is 25.8 Å². The van der Waals surface area contributed by atoms with E-state index in [0.717, 1.165) is 5.69 Å². The molecule has 7 nitrogen and oxygen atoms in total. The molecule has 9 heteroatoms. The van der Waals surface area contributed by atoms with E-state index in [1.807, 2.05) is 6.92 Å². The fourth-order valence-electron chi connectivity index (χ4n) is 4.42. The second-order valence-electron chi connectivity index (χ2n) is 9.08. The van der Waals surface area contributed by atoms with Gasteiger partial charge in [0.15, 0.2) is 0 Å². The van der Waals surface area contributed by atoms with Gasteiger partial charge in [-0.1, -0.05) is 24.3 Å². The number of pyridine rings is 1. The minimum Gasteiger partial charge on any atom is -0.356 e. The smallest absolute Gasteiger partial charge is 0.257 e. The number of benzene rings is 2. The molecule has 0 bridgehead atoms. The SMILES string of the molecule is C[C@H]1Cc2[nH]c(-c3ccnc(NC(=O)Cc4ccc(F)cc4)c3)c(Nc3ccccc3F)c2C(=O)N1C. The van der Waals surface area contributed by atoms with Crippen molar-refractivity contribution in [3.05, 3.63) is 95.3 Å². The van der Waals surface area contributed by atoms with Gasteiger partial charge in [-0.15, -0.1) is 0 Å². The monoisotopic (exact) mass is 501 g/mol. The lowest BCUT2D eigenvalue weighted by atomic mass is 9.99. The average molecular weight is 502 g/mol. The second kappa shape index (κ2) is 9.85. The molecular weight excluding hydrogens is 476 g/mol. The molecule has 188 valence electrons. The highest BCUT2D eigenvalue weighted by molar-refractivity contribution is 6.06. The van der Waals surface area contributed by atoms with Crippen LogP contribution in [0.5, 0.6) is 0 Å². The Hall–Kier alpha value is -4.53. The van der Waals surface area contributed by atoms with Crippen LogP contribution in [0, 0.1) is 11.6 Å². The first kappa shape index (κ1) is 24.2. The molecule has 0 unspecified atom stereocenters. The lowest BCUT2D eigenvalue weighted by Gasteiger charge is -2.30. The second-order valence-corrected chi connectivity index (χ2v) is 9.08. The van der Waals surface area contributed by atoms with Gasteiger partial charge in [0.1, 0.15) is 17.5 Å². The number of halogens is 2. The summed E-state index contributed by atoms with van der Waals surface area (Å²) in [5, 5.41) is 5.88. The van der Waals surface area contributed by atoms with E-state index in [4.69, 9.17) is 0 Å². The van der Waals surface area contributed by atoms with E-state index in [1.165, 1.54) is 18.2 Å². The molecule has 1 aliphatic heterocycles. The maximum absolute atomic E-state index is 14.5. The van der Waals surface area contributed by atoms with Gasteiger partial charge in [-0.2, -0.15) is 0 Å². The Bertz CT molecular complexity index is 1480. The molecular formula is C28H25F2N5O2. The van der Waals surface area contributed by atoms with Gasteiger partial charge in [0.2, 0.25) is 5.91 Å². The number of nitrogens with one attached hydrogen (secondary N) is 3. The van der Waals surface area contributed by atoms with Crippen LogP contribution in [-0.2, 0) is 17.6 Å². The number of fused-ring (bicyclic) bond motifs is 1. The van der Waals surface area contributed by atoms with Crippen LogP contribution >= 0.6 is 0 Å². The standard InChI is InChI=1S/C28H25F2N5O2/c1-16-13-22-25(28(37)35(16)2)27(32-21-6-4-3-5-20(21)30)26(33-22)18-11-12-31-23(15-18)34-24(36)14-17-7-9-19(29)10-8-17/h3-12,15-16,32-33H,13-14H2,1-2H3,(H,31,34,36)/t16-/m0/s1. The lowest BCUT2D eigenvalue weighted by molar-refractivity contribution is -0.115. The molecule has 37 heavy (non-hydrogen) atoms. The zero-order chi connectivity index (χ0) is 26.1. The van der Waals surface area contributed by atoms with Crippen molar-refractivity contribution >= 4 is 29.0 Å². The molecule has 2 aromatic heterocycles. The molecule has 4 aromatic rings. The van der Waals surface area contributed by atoms with Crippen molar-refractivity contribution in [1.82, 2.24) is 14.9 Å². The quantitative estimate of drug-likeness (QED) is 0.335. The Labute approximate surface area is 212 Å². The third kappa shape index (κ3) is 4.93. The van der Waals surface area contributed by atoms with E-state index in [-0.39, 0.29) is 35.8 Å². The Kier molecular flexibility index (Phi) is 6.43. The highest BCUT2D eigenvalue weighted by Gasteiger charge is 2.33. The van der Waals surface area contributed by atoms with Crippen LogP contribution in [0.4, 0.5) is 26.0 Å². The Morgan fingerprint density at radius 3 is 2.65 bits per heavy atom. The third-order valence-corrected chi connectivity index (χ3v) is 6.50. The summed E-state index contributed by atoms with van der Waals surface area (Å²) < 4.78 is 27.7. The molecule has 1 aliphatic rings. The highest BCUT2D eigenvalue weighted by atomic mass is 19.1. The molecule has 0 aliphatic carbocycles. The van der Waals surface area contributed by atoms with E-state index in [0.29, 0.717) is 40.3 Å². The van der Waals surface area contributed by atoms with E-state index in [2.05, 4.69) is 20.6 Å². The summed E-state index contributed by atoms with van der Waals surface area (Å²) in [4.78, 5) is 35.1. The molecule has 0 saturated heterocycles. The molecule has 3 N–H and O–H groups in total. The normalized spacial score (nSPS) is 14.9. The van der Waals surface area contributed by atoms with Crippen LogP contribution < -0.4 is 10.6 Å². The largest absolute Gasteiger partial charge is 0.356 e. The zero-order valence-corrected chi connectivity index (χ0v) is 20.3. The molecule has 2 aromatic carbocycles. The molecule has 5 rings (SSSR count). The number of anilines is 3. The van der Waals surface area contributed by atoms with Crippen LogP contribution in [0.2, 0.25) is 0 Å². The maximum Gasteiger partial charge on any atom is 0.257 e. The van der Waals surface area contributed by atoms with Gasteiger partial charge in [-0.25, -0.2) is 13.8 Å². The number of likely N-dealkylation sites (N-methyl/N-ethyl adjacent to an activating group) is 1. The number of hydrogen-bond acceptors (Lipinski definition) is 4. The predicted molar refractivity (Wildman–Crippen MR) is 138 cm³/mol. The van der Waals surface area contributed by atoms with Gasteiger partial charge >= 0.3 is 0 Å². The molecule has 0 radical (unpaired) electrons. The van der Waals surface area contributed by atoms with Crippen LogP contribution in [0.15, 0.2) is 66.9 Å². The van der Waals surface area contributed by atoms with Crippen molar-refractivity contribution in [3.63, 3.8) is 0 Å². The van der Waals surface area contributed by atoms with Crippen LogP contribution in [0.1, 0.15) is 28.5 Å². The number of nitrogens with zero attached hydrogens (tertiary/aromatic N) is 2. The minimum absolute atomic E-state index is 0.00781. The van der Waals surface area contributed by atoms with E-state index in [9.17, 15) is 18.4 Å². The van der Waals surface area contributed by atoms with Gasteiger partial charge < -0.3 is 20.5 Å². The number of hydrogen-bond donors (Lipinski definition) is 3. The van der Waals surface area contributed by atoms with Gasteiger partial charge in [0.25, 0.3) is 5.91 Å². The van der Waals surface area contributed by atoms with Crippen molar-refractivity contribution in [2.24, 2.45) is 0 Å². The summed E-state index contributed by atoms with van der Waals surface area (Å²) >= 11 is 0. The number of carbonyl (C=O) groups is 2. The third-order valence-electron chi connectivity index (χ3n) is 6.50. The number of aromatic amines is 1. The molecule has 3 heterocycles. The number of carbonyl (C=O) groups excluding carboxylic acids is 2. The molecule has 0 saturated carbocycles. The summed E-state index contributed by atoms with van der Waals surface area (Å²) in [7, 11) is 1.75. The Balaban J connectivity index is 1.49. The van der Waals surface area contributed by atoms with Gasteiger partial charge in [-0.05, 0) is 48.9 Å². The number of rotatable bonds is 6. The van der Waals surface area contributed by atoms with E-state index >= 15 is 0 Å². The fraction of sp³-hybridized carbons (Fsp3) is 0.179.